The van der Waals surface area contributed by atoms with Crippen molar-refractivity contribution in [2.45, 2.75) is 10.9 Å². The fourth-order valence-electron chi connectivity index (χ4n) is 3.06. The zero-order valence-electron chi connectivity index (χ0n) is 17.6. The molecule has 32 heavy (non-hydrogen) atoms. The van der Waals surface area contributed by atoms with Gasteiger partial charge in [0.1, 0.15) is 17.2 Å². The van der Waals surface area contributed by atoms with Crippen LogP contribution in [0, 0.1) is 0 Å². The van der Waals surface area contributed by atoms with Crippen LogP contribution in [0.2, 0.25) is 0 Å². The summed E-state index contributed by atoms with van der Waals surface area (Å²) in [4.78, 5) is 12.6. The van der Waals surface area contributed by atoms with Gasteiger partial charge in [-0.2, -0.15) is 4.68 Å². The molecule has 0 fully saturated rings. The molecule has 4 aromatic rings. The Morgan fingerprint density at radius 3 is 2.62 bits per heavy atom. The number of thioether (sulfide) groups is 1. The topological polar surface area (TPSA) is 91.2 Å². The van der Waals surface area contributed by atoms with Crippen molar-refractivity contribution in [1.29, 1.82) is 0 Å². The highest BCUT2D eigenvalue weighted by molar-refractivity contribution is 7.98. The molecule has 0 saturated carbocycles. The number of para-hydroxylation sites is 1. The molecule has 0 aliphatic rings. The number of methoxy groups -OCH3 is 2. The Bertz CT molecular complexity index is 1210. The fourth-order valence-corrected chi connectivity index (χ4v) is 3.88. The van der Waals surface area contributed by atoms with Gasteiger partial charge in [0.2, 0.25) is 5.16 Å². The van der Waals surface area contributed by atoms with Crippen molar-refractivity contribution in [3.8, 4) is 17.2 Å². The Morgan fingerprint density at radius 2 is 1.84 bits per heavy atom. The van der Waals surface area contributed by atoms with Crippen molar-refractivity contribution in [2.75, 3.05) is 19.5 Å². The highest BCUT2D eigenvalue weighted by Crippen LogP contribution is 2.30. The first-order valence-corrected chi connectivity index (χ1v) is 10.8. The Morgan fingerprint density at radius 1 is 1.00 bits per heavy atom. The van der Waals surface area contributed by atoms with E-state index in [0.29, 0.717) is 33.7 Å². The summed E-state index contributed by atoms with van der Waals surface area (Å²) in [6.07, 6.45) is 0. The number of hydrogen-bond donors (Lipinski definition) is 1. The third-order valence-corrected chi connectivity index (χ3v) is 5.63. The first-order chi connectivity index (χ1) is 15.7. The van der Waals surface area contributed by atoms with Crippen molar-refractivity contribution in [3.63, 3.8) is 0 Å². The van der Waals surface area contributed by atoms with Crippen LogP contribution in [-0.2, 0) is 5.75 Å². The summed E-state index contributed by atoms with van der Waals surface area (Å²) in [7, 11) is 3.19. The molecular weight excluding hydrogens is 426 g/mol. The largest absolute Gasteiger partial charge is 0.497 e. The van der Waals surface area contributed by atoms with Gasteiger partial charge < -0.3 is 14.8 Å². The molecule has 8 nitrogen and oxygen atoms in total. The molecule has 3 aromatic carbocycles. The predicted molar refractivity (Wildman–Crippen MR) is 123 cm³/mol. The number of anilines is 1. The number of carbonyl (C=O) groups is 1. The maximum atomic E-state index is 12.6. The van der Waals surface area contributed by atoms with Crippen molar-refractivity contribution >= 4 is 23.4 Å². The molecule has 1 amide bonds. The van der Waals surface area contributed by atoms with Gasteiger partial charge in [0.15, 0.2) is 0 Å². The first-order valence-electron chi connectivity index (χ1n) is 9.77. The maximum absolute atomic E-state index is 12.6. The van der Waals surface area contributed by atoms with Gasteiger partial charge >= 0.3 is 0 Å². The van der Waals surface area contributed by atoms with Gasteiger partial charge in [-0.25, -0.2) is 0 Å². The van der Waals surface area contributed by atoms with Crippen LogP contribution in [0.25, 0.3) is 5.69 Å². The molecule has 0 radical (unpaired) electrons. The van der Waals surface area contributed by atoms with Gasteiger partial charge in [0, 0.05) is 23.1 Å². The summed E-state index contributed by atoms with van der Waals surface area (Å²) in [5.41, 5.74) is 2.99. The second kappa shape index (κ2) is 9.97. The molecule has 0 bridgehead atoms. The summed E-state index contributed by atoms with van der Waals surface area (Å²) in [5.74, 6) is 1.72. The van der Waals surface area contributed by atoms with Crippen molar-refractivity contribution in [1.82, 2.24) is 20.2 Å². The Hall–Kier alpha value is -3.85. The lowest BCUT2D eigenvalue weighted by atomic mass is 10.1. The molecule has 4 rings (SSSR count). The maximum Gasteiger partial charge on any atom is 0.255 e. The molecule has 1 aromatic heterocycles. The first kappa shape index (κ1) is 21.4. The summed E-state index contributed by atoms with van der Waals surface area (Å²) in [6.45, 7) is 0. The minimum Gasteiger partial charge on any atom is -0.497 e. The Kier molecular flexibility index (Phi) is 6.66. The molecular formula is C23H21N5O3S. The number of tetrazole rings is 1. The standard InChI is InChI=1S/C23H21N5O3S/c1-30-19-11-12-21(31-2)20(14-19)28-23(25-26-27-28)32-15-16-7-6-8-17(13-16)22(29)24-18-9-4-3-5-10-18/h3-14H,15H2,1-2H3,(H,24,29). The highest BCUT2D eigenvalue weighted by Gasteiger charge is 2.15. The number of carbonyl (C=O) groups excluding carboxylic acids is 1. The molecule has 0 unspecified atom stereocenters. The smallest absolute Gasteiger partial charge is 0.255 e. The zero-order valence-corrected chi connectivity index (χ0v) is 18.4. The Labute approximate surface area is 189 Å². The van der Waals surface area contributed by atoms with Crippen LogP contribution in [0.15, 0.2) is 78.0 Å². The number of amides is 1. The second-order valence-electron chi connectivity index (χ2n) is 6.72. The molecule has 1 heterocycles. The SMILES string of the molecule is COc1ccc(OC)c(-n2nnnc2SCc2cccc(C(=O)Nc3ccccc3)c2)c1. The van der Waals surface area contributed by atoms with Crippen molar-refractivity contribution in [3.05, 3.63) is 83.9 Å². The molecule has 0 aliphatic heterocycles. The molecule has 0 spiro atoms. The van der Waals surface area contributed by atoms with Gasteiger partial charge in [0.25, 0.3) is 5.91 Å². The number of rotatable bonds is 8. The van der Waals surface area contributed by atoms with E-state index in [1.54, 1.807) is 31.0 Å². The van der Waals surface area contributed by atoms with Crippen LogP contribution < -0.4 is 14.8 Å². The molecule has 0 saturated heterocycles. The predicted octanol–water partition coefficient (Wildman–Crippen LogP) is 4.22. The van der Waals surface area contributed by atoms with E-state index in [2.05, 4.69) is 20.8 Å². The number of nitrogens with one attached hydrogen (secondary N) is 1. The van der Waals surface area contributed by atoms with Crippen molar-refractivity contribution in [2.24, 2.45) is 0 Å². The van der Waals surface area contributed by atoms with E-state index in [4.69, 9.17) is 9.47 Å². The third kappa shape index (κ3) is 4.89. The lowest BCUT2D eigenvalue weighted by molar-refractivity contribution is 0.102. The van der Waals surface area contributed by atoms with Gasteiger partial charge in [-0.15, -0.1) is 5.10 Å². The van der Waals surface area contributed by atoms with Crippen LogP contribution in [0.3, 0.4) is 0 Å². The number of nitrogens with zero attached hydrogens (tertiary/aromatic N) is 4. The van der Waals surface area contributed by atoms with E-state index in [9.17, 15) is 4.79 Å². The molecule has 0 aliphatic carbocycles. The van der Waals surface area contributed by atoms with E-state index in [-0.39, 0.29) is 5.91 Å². The monoisotopic (exact) mass is 447 g/mol. The van der Waals surface area contributed by atoms with Gasteiger partial charge in [0.05, 0.1) is 14.2 Å². The second-order valence-corrected chi connectivity index (χ2v) is 7.66. The molecule has 0 atom stereocenters. The van der Waals surface area contributed by atoms with Gasteiger partial charge in [-0.3, -0.25) is 4.79 Å². The average Bonchev–Trinajstić information content (AvgIpc) is 3.31. The molecule has 1 N–H and O–H groups in total. The average molecular weight is 448 g/mol. The highest BCUT2D eigenvalue weighted by atomic mass is 32.2. The van der Waals surface area contributed by atoms with E-state index < -0.39 is 0 Å². The fraction of sp³-hybridized carbons (Fsp3) is 0.130. The van der Waals surface area contributed by atoms with E-state index in [0.717, 1.165) is 11.3 Å². The van der Waals surface area contributed by atoms with Crippen LogP contribution in [0.5, 0.6) is 11.5 Å². The number of aromatic nitrogens is 4. The van der Waals surface area contributed by atoms with Crippen LogP contribution >= 0.6 is 11.8 Å². The third-order valence-electron chi connectivity index (χ3n) is 4.64. The molecule has 9 heteroatoms. The van der Waals surface area contributed by atoms with E-state index >= 15 is 0 Å². The lowest BCUT2D eigenvalue weighted by Gasteiger charge is -2.11. The van der Waals surface area contributed by atoms with Gasteiger partial charge in [-0.05, 0) is 52.4 Å². The Balaban J connectivity index is 1.50. The molecule has 162 valence electrons. The summed E-state index contributed by atoms with van der Waals surface area (Å²) in [6, 6.07) is 22.3. The van der Waals surface area contributed by atoms with Crippen LogP contribution in [-0.4, -0.2) is 40.3 Å². The zero-order chi connectivity index (χ0) is 22.3. The summed E-state index contributed by atoms with van der Waals surface area (Å²) >= 11 is 1.46. The number of ether oxygens (including phenoxy) is 2. The minimum atomic E-state index is -0.158. The quantitative estimate of drug-likeness (QED) is 0.404. The van der Waals surface area contributed by atoms with E-state index in [1.807, 2.05) is 60.7 Å². The number of hydrogen-bond acceptors (Lipinski definition) is 7. The summed E-state index contributed by atoms with van der Waals surface area (Å²) in [5, 5.41) is 15.6. The normalized spacial score (nSPS) is 10.6. The summed E-state index contributed by atoms with van der Waals surface area (Å²) < 4.78 is 12.4. The van der Waals surface area contributed by atoms with Crippen LogP contribution in [0.1, 0.15) is 15.9 Å². The minimum absolute atomic E-state index is 0.158. The number of benzene rings is 3. The lowest BCUT2D eigenvalue weighted by Crippen LogP contribution is -2.11. The van der Waals surface area contributed by atoms with Gasteiger partial charge in [-0.1, -0.05) is 42.1 Å². The van der Waals surface area contributed by atoms with Crippen molar-refractivity contribution < 1.29 is 14.3 Å². The van der Waals surface area contributed by atoms with E-state index in [1.165, 1.54) is 11.8 Å². The van der Waals surface area contributed by atoms with Crippen LogP contribution in [0.4, 0.5) is 5.69 Å².